The zero-order valence-electron chi connectivity index (χ0n) is 35.4. The average molecular weight is 867 g/mol. The van der Waals surface area contributed by atoms with Crippen LogP contribution in [0.25, 0.3) is 50.3 Å². The minimum atomic E-state index is -3.43. The second-order valence-electron chi connectivity index (χ2n) is 16.4. The molecular weight excluding hydrogens is 825 g/mol. The van der Waals surface area contributed by atoms with Crippen LogP contribution in [0.3, 0.4) is 0 Å². The van der Waals surface area contributed by atoms with Crippen LogP contribution in [0.1, 0.15) is 0 Å². The van der Waals surface area contributed by atoms with Crippen LogP contribution in [0.4, 0.5) is 11.6 Å². The van der Waals surface area contributed by atoms with Gasteiger partial charge in [0, 0.05) is 33.3 Å². The number of benzene rings is 9. The van der Waals surface area contributed by atoms with Gasteiger partial charge < -0.3 is 13.0 Å². The summed E-state index contributed by atoms with van der Waals surface area (Å²) in [6, 6.07) is 91.9. The molecule has 0 bridgehead atoms. The molecule has 1 aliphatic heterocycles. The quantitative estimate of drug-likeness (QED) is 0.135. The molecule has 0 radical (unpaired) electrons. The summed E-state index contributed by atoms with van der Waals surface area (Å²) in [4.78, 5) is 16.5. The van der Waals surface area contributed by atoms with E-state index in [0.29, 0.717) is 17.6 Å². The van der Waals surface area contributed by atoms with Gasteiger partial charge in [0.05, 0.1) is 11.0 Å². The summed E-state index contributed by atoms with van der Waals surface area (Å²) in [7, 11) is -6.85. The highest BCUT2D eigenvalue weighted by Gasteiger charge is 2.76. The van der Waals surface area contributed by atoms with Gasteiger partial charge in [0.25, 0.3) is 0 Å². The lowest BCUT2D eigenvalue weighted by atomic mass is 10.1. The summed E-state index contributed by atoms with van der Waals surface area (Å²) in [5.74, 6) is 1.93. The number of hydrogen-bond donors (Lipinski definition) is 0. The molecule has 0 amide bonds. The van der Waals surface area contributed by atoms with Crippen molar-refractivity contribution in [1.82, 2.24) is 19.5 Å². The van der Waals surface area contributed by atoms with Crippen molar-refractivity contribution in [3.63, 3.8) is 0 Å². The Morgan fingerprint density at radius 1 is 0.292 bits per heavy atom. The Labute approximate surface area is 380 Å². The molecule has 11 aromatic rings. The van der Waals surface area contributed by atoms with Crippen molar-refractivity contribution in [3.8, 4) is 28.5 Å². The van der Waals surface area contributed by atoms with Crippen LogP contribution in [-0.2, 0) is 0 Å². The van der Waals surface area contributed by atoms with E-state index in [2.05, 4.69) is 256 Å². The number of rotatable bonds is 9. The lowest BCUT2D eigenvalue weighted by molar-refractivity contribution is 1.03. The number of aromatic nitrogens is 4. The lowest BCUT2D eigenvalue weighted by Crippen LogP contribution is -3.07. The van der Waals surface area contributed by atoms with Crippen molar-refractivity contribution in [2.24, 2.45) is 0 Å². The number of fused-ring (bicyclic) bond motifs is 3. The molecular formula is C57H42N6Si2. The summed E-state index contributed by atoms with van der Waals surface area (Å²) in [6.45, 7) is 0. The van der Waals surface area contributed by atoms with Gasteiger partial charge in [0.15, 0.2) is 11.6 Å². The molecule has 0 saturated carbocycles. The first-order chi connectivity index (χ1) is 32.3. The third-order valence-corrected chi connectivity index (χ3v) is 24.8. The van der Waals surface area contributed by atoms with E-state index in [4.69, 9.17) is 15.0 Å². The van der Waals surface area contributed by atoms with Crippen molar-refractivity contribution in [1.29, 1.82) is 0 Å². The fraction of sp³-hybridized carbons (Fsp3) is 0. The third kappa shape index (κ3) is 6.03. The van der Waals surface area contributed by atoms with Gasteiger partial charge in [-0.25, -0.2) is 4.98 Å². The molecule has 1 aliphatic rings. The smallest absolute Gasteiger partial charge is 0.321 e. The van der Waals surface area contributed by atoms with E-state index in [1.807, 2.05) is 12.1 Å². The molecule has 308 valence electrons. The molecule has 0 unspecified atom stereocenters. The Hall–Kier alpha value is -8.18. The molecule has 8 heteroatoms. The van der Waals surface area contributed by atoms with Gasteiger partial charge >= 0.3 is 16.8 Å². The Kier molecular flexibility index (Phi) is 9.40. The molecule has 0 spiro atoms. The van der Waals surface area contributed by atoms with Crippen molar-refractivity contribution < 1.29 is 0 Å². The minimum Gasteiger partial charge on any atom is -0.378 e. The largest absolute Gasteiger partial charge is 0.378 e. The van der Waals surface area contributed by atoms with E-state index in [1.54, 1.807) is 0 Å². The zero-order valence-corrected chi connectivity index (χ0v) is 37.4. The molecule has 0 atom stereocenters. The monoisotopic (exact) mass is 866 g/mol. The van der Waals surface area contributed by atoms with Crippen LogP contribution in [0, 0.1) is 0 Å². The van der Waals surface area contributed by atoms with Gasteiger partial charge in [-0.2, -0.15) is 9.97 Å². The SMILES string of the molecule is c1ccc(-c2nc(-c3ccccc3)nc(N3[Si](c4ccccc4)(c4ccccc4)N(c4ccc5c(c4)c4ccccc4n5-c4ccccc4)[Si]3(c3ccccc3)c3ccccc3)n2)cc1. The molecule has 6 nitrogen and oxygen atoms in total. The molecule has 1 fully saturated rings. The second-order valence-corrected chi connectivity index (χ2v) is 24.1. The maximum atomic E-state index is 5.64. The molecule has 0 N–H and O–H groups in total. The van der Waals surface area contributed by atoms with Crippen LogP contribution >= 0.6 is 0 Å². The van der Waals surface area contributed by atoms with Gasteiger partial charge in [-0.15, -0.1) is 0 Å². The molecule has 3 heterocycles. The normalized spacial score (nSPS) is 14.0. The third-order valence-electron chi connectivity index (χ3n) is 12.8. The number of hydrogen-bond acceptors (Lipinski definition) is 5. The first kappa shape index (κ1) is 38.5. The predicted octanol–water partition coefficient (Wildman–Crippen LogP) is 10.1. The van der Waals surface area contributed by atoms with Gasteiger partial charge in [0.2, 0.25) is 5.95 Å². The van der Waals surface area contributed by atoms with E-state index in [-0.39, 0.29) is 0 Å². The highest BCUT2D eigenvalue weighted by Crippen LogP contribution is 2.46. The van der Waals surface area contributed by atoms with Gasteiger partial charge in [-0.3, -0.25) is 0 Å². The van der Waals surface area contributed by atoms with Crippen LogP contribution in [0.15, 0.2) is 255 Å². The van der Waals surface area contributed by atoms with Crippen molar-refractivity contribution in [3.05, 3.63) is 255 Å². The van der Waals surface area contributed by atoms with Gasteiger partial charge in [-0.1, -0.05) is 218 Å². The van der Waals surface area contributed by atoms with E-state index >= 15 is 0 Å². The minimum absolute atomic E-state index is 0.635. The fourth-order valence-corrected chi connectivity index (χ4v) is 25.1. The first-order valence-corrected chi connectivity index (χ1v) is 25.8. The summed E-state index contributed by atoms with van der Waals surface area (Å²) in [5.41, 5.74) is 6.49. The highest BCUT2D eigenvalue weighted by molar-refractivity contribution is 7.38. The van der Waals surface area contributed by atoms with E-state index in [9.17, 15) is 0 Å². The van der Waals surface area contributed by atoms with Crippen molar-refractivity contribution in [2.75, 3.05) is 8.46 Å². The lowest BCUT2D eigenvalue weighted by Gasteiger charge is -2.71. The Bertz CT molecular complexity index is 3200. The zero-order chi connectivity index (χ0) is 43.2. The summed E-state index contributed by atoms with van der Waals surface area (Å²) >= 11 is 0. The number of para-hydroxylation sites is 2. The Balaban J connectivity index is 1.25. The molecule has 9 aromatic carbocycles. The molecule has 65 heavy (non-hydrogen) atoms. The molecule has 0 aliphatic carbocycles. The van der Waals surface area contributed by atoms with Crippen LogP contribution < -0.4 is 29.2 Å². The van der Waals surface area contributed by atoms with Crippen molar-refractivity contribution in [2.45, 2.75) is 0 Å². The molecule has 2 aromatic heterocycles. The van der Waals surface area contributed by atoms with Crippen LogP contribution in [0.2, 0.25) is 0 Å². The Morgan fingerprint density at radius 2 is 0.677 bits per heavy atom. The number of anilines is 2. The van der Waals surface area contributed by atoms with E-state index < -0.39 is 16.8 Å². The summed E-state index contributed by atoms with van der Waals surface area (Å²) in [5, 5.41) is 7.34. The van der Waals surface area contributed by atoms with E-state index in [0.717, 1.165) is 28.0 Å². The summed E-state index contributed by atoms with van der Waals surface area (Å²) < 4.78 is 8.04. The highest BCUT2D eigenvalue weighted by atomic mass is 28.5. The van der Waals surface area contributed by atoms with Crippen LogP contribution in [0.5, 0.6) is 0 Å². The standard InChI is InChI=1S/C57H42N6Si2/c1-8-24-43(25-9-1)55-58-56(44-26-10-2-11-27-44)60-57(59-55)63-64(47-30-14-4-15-31-47,48-32-16-5-17-33-48)62(65(63,49-34-18-6-19-35-49)50-36-20-7-21-37-50)46-40-41-54-52(42-46)51-38-22-23-39-53(51)61(54)45-28-12-3-13-29-45/h1-42H. The van der Waals surface area contributed by atoms with Crippen LogP contribution in [-0.4, -0.2) is 36.3 Å². The van der Waals surface area contributed by atoms with E-state index in [1.165, 1.54) is 37.0 Å². The fourth-order valence-electron chi connectivity index (χ4n) is 10.2. The molecule has 1 saturated heterocycles. The van der Waals surface area contributed by atoms with Gasteiger partial charge in [-0.05, 0) is 57.1 Å². The second kappa shape index (κ2) is 15.9. The maximum Gasteiger partial charge on any atom is 0.321 e. The van der Waals surface area contributed by atoms with Crippen molar-refractivity contribution >= 4 is 71.0 Å². The maximum absolute atomic E-state index is 5.64. The summed E-state index contributed by atoms with van der Waals surface area (Å²) in [6.07, 6.45) is 0. The van der Waals surface area contributed by atoms with Gasteiger partial charge in [0.1, 0.15) is 0 Å². The number of nitrogens with zero attached hydrogens (tertiary/aromatic N) is 6. The first-order valence-electron chi connectivity index (χ1n) is 22.0. The molecule has 12 rings (SSSR count). The Morgan fingerprint density at radius 3 is 1.14 bits per heavy atom. The predicted molar refractivity (Wildman–Crippen MR) is 272 cm³/mol. The average Bonchev–Trinajstić information content (AvgIpc) is 3.72. The topological polar surface area (TPSA) is 50.1 Å².